The zero-order valence-corrected chi connectivity index (χ0v) is 14.3. The number of hydrogen-bond acceptors (Lipinski definition) is 1. The quantitative estimate of drug-likeness (QED) is 0.858. The van der Waals surface area contributed by atoms with Gasteiger partial charge < -0.3 is 14.8 Å². The van der Waals surface area contributed by atoms with Gasteiger partial charge in [0.1, 0.15) is 0 Å². The van der Waals surface area contributed by atoms with Crippen LogP contribution >= 0.6 is 11.6 Å². The molecule has 1 aliphatic rings. The summed E-state index contributed by atoms with van der Waals surface area (Å²) < 4.78 is 2.32. The van der Waals surface area contributed by atoms with E-state index in [0.717, 1.165) is 31.6 Å². The van der Waals surface area contributed by atoms with E-state index in [-0.39, 0.29) is 12.1 Å². The number of nitrogens with zero attached hydrogens (tertiary/aromatic N) is 2. The molecule has 1 unspecified atom stereocenters. The summed E-state index contributed by atoms with van der Waals surface area (Å²) >= 11 is 5.99. The largest absolute Gasteiger partial charge is 0.345 e. The zero-order chi connectivity index (χ0) is 16.4. The molecule has 1 aromatic heterocycles. The maximum atomic E-state index is 12.7. The molecule has 3 rings (SSSR count). The molecule has 4 nitrogen and oxygen atoms in total. The Bertz CT molecular complexity index is 710. The molecule has 2 aromatic rings. The summed E-state index contributed by atoms with van der Waals surface area (Å²) in [5.74, 6) is 0. The van der Waals surface area contributed by atoms with Crippen molar-refractivity contribution in [2.24, 2.45) is 0 Å². The standard InChI is InChI=1S/C18H22ClN3O/c1-3-5-16-17-9-8-13(2)21(17)10-11-22(16)18(23)20-15-7-4-6-14(19)12-15/h4,6-9,12,16H,3,5,10-11H2,1-2H3,(H,20,23). The summed E-state index contributed by atoms with van der Waals surface area (Å²) in [7, 11) is 0. The van der Waals surface area contributed by atoms with Crippen molar-refractivity contribution in [2.45, 2.75) is 39.3 Å². The highest BCUT2D eigenvalue weighted by atomic mass is 35.5. The van der Waals surface area contributed by atoms with Crippen LogP contribution in [0.3, 0.4) is 0 Å². The highest BCUT2D eigenvalue weighted by molar-refractivity contribution is 6.30. The van der Waals surface area contributed by atoms with Crippen LogP contribution in [0.15, 0.2) is 36.4 Å². The molecule has 1 aliphatic heterocycles. The minimum atomic E-state index is -0.0594. The number of amides is 2. The molecule has 0 bridgehead atoms. The first-order valence-corrected chi connectivity index (χ1v) is 8.47. The van der Waals surface area contributed by atoms with Crippen molar-refractivity contribution in [3.8, 4) is 0 Å². The highest BCUT2D eigenvalue weighted by Gasteiger charge is 2.31. The fraction of sp³-hybridized carbons (Fsp3) is 0.389. The van der Waals surface area contributed by atoms with E-state index in [2.05, 4.69) is 35.9 Å². The Labute approximate surface area is 142 Å². The number of hydrogen-bond donors (Lipinski definition) is 1. The maximum Gasteiger partial charge on any atom is 0.322 e. The van der Waals surface area contributed by atoms with E-state index in [0.29, 0.717) is 5.02 Å². The number of benzene rings is 1. The number of fused-ring (bicyclic) bond motifs is 1. The SMILES string of the molecule is CCCC1c2ccc(C)n2CCN1C(=O)Nc1cccc(Cl)c1. The zero-order valence-electron chi connectivity index (χ0n) is 13.6. The molecule has 0 aliphatic carbocycles. The summed E-state index contributed by atoms with van der Waals surface area (Å²) in [5, 5.41) is 3.59. The summed E-state index contributed by atoms with van der Waals surface area (Å²) in [4.78, 5) is 14.7. The summed E-state index contributed by atoms with van der Waals surface area (Å²) in [6, 6.07) is 11.6. The minimum absolute atomic E-state index is 0.0594. The van der Waals surface area contributed by atoms with Gasteiger partial charge in [-0.3, -0.25) is 0 Å². The molecule has 2 amide bonds. The van der Waals surface area contributed by atoms with Crippen molar-refractivity contribution in [3.05, 3.63) is 52.8 Å². The van der Waals surface area contributed by atoms with Crippen LogP contribution in [-0.4, -0.2) is 22.0 Å². The summed E-state index contributed by atoms with van der Waals surface area (Å²) in [6.07, 6.45) is 2.00. The van der Waals surface area contributed by atoms with Crippen molar-refractivity contribution < 1.29 is 4.79 Å². The number of halogens is 1. The Morgan fingerprint density at radius 3 is 2.87 bits per heavy atom. The van der Waals surface area contributed by atoms with E-state index in [1.54, 1.807) is 12.1 Å². The van der Waals surface area contributed by atoms with Crippen LogP contribution in [-0.2, 0) is 6.54 Å². The lowest BCUT2D eigenvalue weighted by Gasteiger charge is -2.37. The van der Waals surface area contributed by atoms with Gasteiger partial charge in [0.2, 0.25) is 0 Å². The fourth-order valence-corrected chi connectivity index (χ4v) is 3.48. The topological polar surface area (TPSA) is 37.3 Å². The third-order valence-electron chi connectivity index (χ3n) is 4.41. The molecule has 0 fully saturated rings. The van der Waals surface area contributed by atoms with Crippen LogP contribution in [0.25, 0.3) is 0 Å². The number of nitrogens with one attached hydrogen (secondary N) is 1. The average Bonchev–Trinajstić information content (AvgIpc) is 2.90. The lowest BCUT2D eigenvalue weighted by Crippen LogP contribution is -2.44. The molecule has 23 heavy (non-hydrogen) atoms. The van der Waals surface area contributed by atoms with Crippen LogP contribution in [0.5, 0.6) is 0 Å². The Hall–Kier alpha value is -1.94. The molecule has 0 radical (unpaired) electrons. The third-order valence-corrected chi connectivity index (χ3v) is 4.65. The summed E-state index contributed by atoms with van der Waals surface area (Å²) in [5.41, 5.74) is 3.22. The number of urea groups is 1. The van der Waals surface area contributed by atoms with Gasteiger partial charge in [0, 0.05) is 35.2 Å². The van der Waals surface area contributed by atoms with E-state index in [1.165, 1.54) is 11.4 Å². The number of carbonyl (C=O) groups excluding carboxylic acids is 1. The lowest BCUT2D eigenvalue weighted by molar-refractivity contribution is 0.162. The second-order valence-electron chi connectivity index (χ2n) is 5.99. The monoisotopic (exact) mass is 331 g/mol. The van der Waals surface area contributed by atoms with Crippen molar-refractivity contribution >= 4 is 23.3 Å². The average molecular weight is 332 g/mol. The predicted molar refractivity (Wildman–Crippen MR) is 94.0 cm³/mol. The Morgan fingerprint density at radius 2 is 2.13 bits per heavy atom. The minimum Gasteiger partial charge on any atom is -0.345 e. The smallest absolute Gasteiger partial charge is 0.322 e. The lowest BCUT2D eigenvalue weighted by atomic mass is 10.0. The Kier molecular flexibility index (Phi) is 4.62. The molecule has 0 saturated carbocycles. The van der Waals surface area contributed by atoms with Crippen molar-refractivity contribution in [3.63, 3.8) is 0 Å². The van der Waals surface area contributed by atoms with Gasteiger partial charge in [-0.2, -0.15) is 0 Å². The van der Waals surface area contributed by atoms with E-state index < -0.39 is 0 Å². The molecular formula is C18H22ClN3O. The van der Waals surface area contributed by atoms with Gasteiger partial charge in [-0.25, -0.2) is 4.79 Å². The number of aromatic nitrogens is 1. The van der Waals surface area contributed by atoms with E-state index >= 15 is 0 Å². The fourth-order valence-electron chi connectivity index (χ4n) is 3.29. The van der Waals surface area contributed by atoms with Gasteiger partial charge in [0.15, 0.2) is 0 Å². The molecular weight excluding hydrogens is 310 g/mol. The van der Waals surface area contributed by atoms with E-state index in [1.807, 2.05) is 17.0 Å². The molecule has 2 heterocycles. The molecule has 1 N–H and O–H groups in total. The summed E-state index contributed by atoms with van der Waals surface area (Å²) in [6.45, 7) is 5.84. The van der Waals surface area contributed by atoms with E-state index in [9.17, 15) is 4.79 Å². The van der Waals surface area contributed by atoms with Crippen molar-refractivity contribution in [2.75, 3.05) is 11.9 Å². The second-order valence-corrected chi connectivity index (χ2v) is 6.43. The van der Waals surface area contributed by atoms with Crippen LogP contribution in [0.2, 0.25) is 5.02 Å². The van der Waals surface area contributed by atoms with Gasteiger partial charge in [-0.1, -0.05) is 31.0 Å². The first-order chi connectivity index (χ1) is 11.1. The molecule has 0 saturated heterocycles. The van der Waals surface area contributed by atoms with Gasteiger partial charge in [0.25, 0.3) is 0 Å². The first kappa shape index (κ1) is 15.9. The first-order valence-electron chi connectivity index (χ1n) is 8.09. The maximum absolute atomic E-state index is 12.7. The van der Waals surface area contributed by atoms with Crippen molar-refractivity contribution in [1.29, 1.82) is 0 Å². The van der Waals surface area contributed by atoms with E-state index in [4.69, 9.17) is 11.6 Å². The molecule has 1 aromatic carbocycles. The normalized spacial score (nSPS) is 17.0. The Morgan fingerprint density at radius 1 is 1.30 bits per heavy atom. The van der Waals surface area contributed by atoms with Crippen LogP contribution in [0.1, 0.15) is 37.2 Å². The number of carbonyl (C=O) groups is 1. The van der Waals surface area contributed by atoms with Gasteiger partial charge in [0.05, 0.1) is 6.04 Å². The highest BCUT2D eigenvalue weighted by Crippen LogP contribution is 2.32. The third kappa shape index (κ3) is 3.22. The number of rotatable bonds is 3. The molecule has 122 valence electrons. The Balaban J connectivity index is 1.82. The molecule has 1 atom stereocenters. The molecule has 0 spiro atoms. The van der Waals surface area contributed by atoms with Crippen LogP contribution < -0.4 is 5.32 Å². The molecule has 5 heteroatoms. The second kappa shape index (κ2) is 6.67. The van der Waals surface area contributed by atoms with Crippen LogP contribution in [0.4, 0.5) is 10.5 Å². The number of anilines is 1. The van der Waals surface area contributed by atoms with Gasteiger partial charge in [-0.15, -0.1) is 0 Å². The van der Waals surface area contributed by atoms with Gasteiger partial charge in [-0.05, 0) is 43.7 Å². The number of aryl methyl sites for hydroxylation is 1. The van der Waals surface area contributed by atoms with Gasteiger partial charge >= 0.3 is 6.03 Å². The predicted octanol–water partition coefficient (Wildman–Crippen LogP) is 4.84. The van der Waals surface area contributed by atoms with Crippen molar-refractivity contribution in [1.82, 2.24) is 9.47 Å². The van der Waals surface area contributed by atoms with Crippen LogP contribution in [0, 0.1) is 6.92 Å².